The van der Waals surface area contributed by atoms with Crippen LogP contribution in [0.15, 0.2) is 36.4 Å². The Morgan fingerprint density at radius 2 is 2.12 bits per heavy atom. The molecule has 1 aromatic rings. The third kappa shape index (κ3) is 4.83. The monoisotopic (exact) mass is 233 g/mol. The van der Waals surface area contributed by atoms with Gasteiger partial charge in [-0.25, -0.2) is 0 Å². The molecule has 92 valence electrons. The first kappa shape index (κ1) is 13.5. The van der Waals surface area contributed by atoms with Gasteiger partial charge in [0, 0.05) is 12.1 Å². The van der Waals surface area contributed by atoms with E-state index in [4.69, 9.17) is 4.74 Å². The molecule has 0 unspecified atom stereocenters. The van der Waals surface area contributed by atoms with Gasteiger partial charge in [0.2, 0.25) is 0 Å². The van der Waals surface area contributed by atoms with E-state index in [9.17, 15) is 4.79 Å². The molecule has 1 amide bonds. The fraction of sp³-hybridized carbons (Fsp3) is 0.357. The highest BCUT2D eigenvalue weighted by Crippen LogP contribution is 2.05. The Kier molecular flexibility index (Phi) is 5.43. The highest BCUT2D eigenvalue weighted by Gasteiger charge is 2.06. The first-order chi connectivity index (χ1) is 8.11. The molecule has 0 atom stereocenters. The second-order valence-corrected chi connectivity index (χ2v) is 4.08. The molecule has 0 aromatic heterocycles. The van der Waals surface area contributed by atoms with Gasteiger partial charge in [-0.05, 0) is 25.5 Å². The third-order valence-corrected chi connectivity index (χ3v) is 2.27. The summed E-state index contributed by atoms with van der Waals surface area (Å²) in [5.74, 6) is -0.0537. The van der Waals surface area contributed by atoms with E-state index in [0.29, 0.717) is 25.3 Å². The van der Waals surface area contributed by atoms with Gasteiger partial charge >= 0.3 is 0 Å². The van der Waals surface area contributed by atoms with Crippen molar-refractivity contribution in [2.45, 2.75) is 13.8 Å². The predicted molar refractivity (Wildman–Crippen MR) is 69.1 cm³/mol. The largest absolute Gasteiger partial charge is 0.375 e. The molecule has 0 saturated heterocycles. The van der Waals surface area contributed by atoms with Crippen molar-refractivity contribution in [2.75, 3.05) is 19.8 Å². The van der Waals surface area contributed by atoms with E-state index in [1.807, 2.05) is 38.1 Å². The molecule has 0 heterocycles. The van der Waals surface area contributed by atoms with Crippen molar-refractivity contribution >= 4 is 5.91 Å². The zero-order chi connectivity index (χ0) is 12.7. The van der Waals surface area contributed by atoms with Crippen molar-refractivity contribution in [1.82, 2.24) is 5.32 Å². The lowest BCUT2D eigenvalue weighted by molar-refractivity contribution is 0.0926. The number of ether oxygens (including phenoxy) is 1. The smallest absolute Gasteiger partial charge is 0.251 e. The second kappa shape index (κ2) is 6.86. The predicted octanol–water partition coefficient (Wildman–Crippen LogP) is 2.32. The van der Waals surface area contributed by atoms with Crippen LogP contribution in [0, 0.1) is 6.92 Å². The summed E-state index contributed by atoms with van der Waals surface area (Å²) < 4.78 is 5.30. The average molecular weight is 233 g/mol. The van der Waals surface area contributed by atoms with Gasteiger partial charge in [0.05, 0.1) is 13.2 Å². The molecule has 0 spiro atoms. The van der Waals surface area contributed by atoms with Gasteiger partial charge in [0.25, 0.3) is 5.91 Å². The molecule has 0 aliphatic carbocycles. The van der Waals surface area contributed by atoms with Crippen LogP contribution in [0.3, 0.4) is 0 Å². The molecule has 3 nitrogen and oxygen atoms in total. The Morgan fingerprint density at radius 1 is 1.41 bits per heavy atom. The molecule has 1 aromatic carbocycles. The van der Waals surface area contributed by atoms with Gasteiger partial charge in [0.15, 0.2) is 0 Å². The zero-order valence-electron chi connectivity index (χ0n) is 10.5. The van der Waals surface area contributed by atoms with Crippen LogP contribution >= 0.6 is 0 Å². The fourth-order valence-electron chi connectivity index (χ4n) is 1.41. The van der Waals surface area contributed by atoms with Crippen LogP contribution in [0.2, 0.25) is 0 Å². The van der Waals surface area contributed by atoms with E-state index in [0.717, 1.165) is 11.1 Å². The number of amides is 1. The number of benzene rings is 1. The summed E-state index contributed by atoms with van der Waals surface area (Å²) in [4.78, 5) is 11.8. The van der Waals surface area contributed by atoms with Crippen molar-refractivity contribution in [3.8, 4) is 0 Å². The van der Waals surface area contributed by atoms with Crippen molar-refractivity contribution in [3.63, 3.8) is 0 Å². The Morgan fingerprint density at radius 3 is 2.76 bits per heavy atom. The summed E-state index contributed by atoms with van der Waals surface area (Å²) in [6, 6.07) is 7.52. The number of hydrogen-bond acceptors (Lipinski definition) is 2. The zero-order valence-corrected chi connectivity index (χ0v) is 10.5. The lowest BCUT2D eigenvalue weighted by Gasteiger charge is -2.08. The van der Waals surface area contributed by atoms with Gasteiger partial charge in [-0.3, -0.25) is 4.79 Å². The van der Waals surface area contributed by atoms with Gasteiger partial charge in [-0.1, -0.05) is 30.4 Å². The van der Waals surface area contributed by atoms with Crippen molar-refractivity contribution in [1.29, 1.82) is 0 Å². The Hall–Kier alpha value is -1.61. The normalized spacial score (nSPS) is 10.0. The summed E-state index contributed by atoms with van der Waals surface area (Å²) in [6.07, 6.45) is 0. The molecular weight excluding hydrogens is 214 g/mol. The van der Waals surface area contributed by atoms with E-state index in [1.54, 1.807) is 0 Å². The Bertz CT molecular complexity index is 399. The summed E-state index contributed by atoms with van der Waals surface area (Å²) >= 11 is 0. The molecule has 0 aliphatic heterocycles. The van der Waals surface area contributed by atoms with Crippen molar-refractivity contribution in [3.05, 3.63) is 47.5 Å². The standard InChI is InChI=1S/C14H19NO2/c1-11(2)10-17-9-8-15-14(16)13-7-5-4-6-12(13)3/h4-7H,1,8-10H2,2-3H3,(H,15,16). The third-order valence-electron chi connectivity index (χ3n) is 2.27. The topological polar surface area (TPSA) is 38.3 Å². The van der Waals surface area contributed by atoms with Gasteiger partial charge in [0.1, 0.15) is 0 Å². The quantitative estimate of drug-likeness (QED) is 0.605. The van der Waals surface area contributed by atoms with Crippen LogP contribution in [0.25, 0.3) is 0 Å². The van der Waals surface area contributed by atoms with E-state index in [1.165, 1.54) is 0 Å². The second-order valence-electron chi connectivity index (χ2n) is 4.08. The molecule has 3 heteroatoms. The molecular formula is C14H19NO2. The fourth-order valence-corrected chi connectivity index (χ4v) is 1.41. The lowest BCUT2D eigenvalue weighted by Crippen LogP contribution is -2.27. The average Bonchev–Trinajstić information content (AvgIpc) is 2.28. The van der Waals surface area contributed by atoms with E-state index in [-0.39, 0.29) is 5.91 Å². The summed E-state index contributed by atoms with van der Waals surface area (Å²) in [6.45, 7) is 9.13. The molecule has 17 heavy (non-hydrogen) atoms. The molecule has 1 rings (SSSR count). The van der Waals surface area contributed by atoms with Crippen LogP contribution in [-0.2, 0) is 4.74 Å². The van der Waals surface area contributed by atoms with Crippen LogP contribution in [0.1, 0.15) is 22.8 Å². The minimum absolute atomic E-state index is 0.0537. The van der Waals surface area contributed by atoms with E-state index in [2.05, 4.69) is 11.9 Å². The van der Waals surface area contributed by atoms with Crippen LogP contribution in [0.4, 0.5) is 0 Å². The first-order valence-corrected chi connectivity index (χ1v) is 5.67. The summed E-state index contributed by atoms with van der Waals surface area (Å²) in [5, 5.41) is 2.82. The number of carbonyl (C=O) groups excluding carboxylic acids is 1. The molecule has 0 saturated carbocycles. The van der Waals surface area contributed by atoms with Crippen LogP contribution < -0.4 is 5.32 Å². The Labute approximate surface area is 102 Å². The number of carbonyl (C=O) groups is 1. The minimum atomic E-state index is -0.0537. The lowest BCUT2D eigenvalue weighted by atomic mass is 10.1. The van der Waals surface area contributed by atoms with Crippen LogP contribution in [0.5, 0.6) is 0 Å². The molecule has 0 aliphatic rings. The number of hydrogen-bond donors (Lipinski definition) is 1. The van der Waals surface area contributed by atoms with Gasteiger partial charge in [-0.2, -0.15) is 0 Å². The van der Waals surface area contributed by atoms with E-state index >= 15 is 0 Å². The Balaban J connectivity index is 2.31. The molecule has 0 fully saturated rings. The van der Waals surface area contributed by atoms with Crippen molar-refractivity contribution < 1.29 is 9.53 Å². The van der Waals surface area contributed by atoms with Gasteiger partial charge in [-0.15, -0.1) is 0 Å². The number of rotatable bonds is 6. The molecule has 0 bridgehead atoms. The number of aryl methyl sites for hydroxylation is 1. The maximum atomic E-state index is 11.8. The summed E-state index contributed by atoms with van der Waals surface area (Å²) in [5.41, 5.74) is 2.68. The first-order valence-electron chi connectivity index (χ1n) is 5.67. The number of nitrogens with one attached hydrogen (secondary N) is 1. The molecule has 1 N–H and O–H groups in total. The summed E-state index contributed by atoms with van der Waals surface area (Å²) in [7, 11) is 0. The molecule has 0 radical (unpaired) electrons. The van der Waals surface area contributed by atoms with Crippen LogP contribution in [-0.4, -0.2) is 25.7 Å². The highest BCUT2D eigenvalue weighted by molar-refractivity contribution is 5.95. The maximum Gasteiger partial charge on any atom is 0.251 e. The minimum Gasteiger partial charge on any atom is -0.375 e. The van der Waals surface area contributed by atoms with Crippen molar-refractivity contribution in [2.24, 2.45) is 0 Å². The highest BCUT2D eigenvalue weighted by atomic mass is 16.5. The SMILES string of the molecule is C=C(C)COCCNC(=O)c1ccccc1C. The van der Waals surface area contributed by atoms with Gasteiger partial charge < -0.3 is 10.1 Å². The van der Waals surface area contributed by atoms with E-state index < -0.39 is 0 Å². The maximum absolute atomic E-state index is 11.8.